The average molecular weight is 327 g/mol. The summed E-state index contributed by atoms with van der Waals surface area (Å²) < 4.78 is 0. The molecule has 0 N–H and O–H groups in total. The van der Waals surface area contributed by atoms with E-state index in [1.54, 1.807) is 0 Å². The molecule has 0 bridgehead atoms. The van der Waals surface area contributed by atoms with E-state index >= 15 is 0 Å². The van der Waals surface area contributed by atoms with Crippen LogP contribution < -0.4 is 0 Å². The van der Waals surface area contributed by atoms with Crippen molar-refractivity contribution in [2.24, 2.45) is 5.92 Å². The lowest BCUT2D eigenvalue weighted by Gasteiger charge is -2.19. The molecule has 0 radical (unpaired) electrons. The van der Waals surface area contributed by atoms with Crippen LogP contribution >= 0.6 is 0 Å². The van der Waals surface area contributed by atoms with Crippen LogP contribution in [0.4, 0.5) is 0 Å². The first-order valence-electron chi connectivity index (χ1n) is 9.27. The second-order valence-electron chi connectivity index (χ2n) is 7.41. The van der Waals surface area contributed by atoms with E-state index < -0.39 is 0 Å². The minimum absolute atomic E-state index is 0.354. The number of aryl methyl sites for hydroxylation is 1. The lowest BCUT2D eigenvalue weighted by molar-refractivity contribution is 0.608. The van der Waals surface area contributed by atoms with Crippen molar-refractivity contribution >= 4 is 0 Å². The van der Waals surface area contributed by atoms with Gasteiger partial charge in [-0.25, -0.2) is 0 Å². The number of hydrogen-bond acceptors (Lipinski definition) is 1. The molecule has 2 unspecified atom stereocenters. The van der Waals surface area contributed by atoms with Gasteiger partial charge in [0.2, 0.25) is 0 Å². The third-order valence-electron chi connectivity index (χ3n) is 6.04. The molecule has 0 spiro atoms. The molecule has 4 rings (SSSR count). The fraction of sp³-hybridized carbons (Fsp3) is 0.292. The maximum atomic E-state index is 4.83. The van der Waals surface area contributed by atoms with E-state index in [1.165, 1.54) is 40.7 Å². The van der Waals surface area contributed by atoms with E-state index in [1.807, 2.05) is 6.20 Å². The van der Waals surface area contributed by atoms with Crippen LogP contribution in [0.25, 0.3) is 22.4 Å². The van der Waals surface area contributed by atoms with Gasteiger partial charge in [-0.05, 0) is 53.9 Å². The van der Waals surface area contributed by atoms with Crippen molar-refractivity contribution in [2.45, 2.75) is 39.0 Å². The highest BCUT2D eigenvalue weighted by Crippen LogP contribution is 2.58. The highest BCUT2D eigenvalue weighted by Gasteiger charge is 2.51. The van der Waals surface area contributed by atoms with Gasteiger partial charge in [0.15, 0.2) is 0 Å². The number of hydrogen-bond donors (Lipinski definition) is 0. The fourth-order valence-electron chi connectivity index (χ4n) is 4.30. The lowest BCUT2D eigenvalue weighted by atomic mass is 9.86. The molecular formula is C24H25N. The third kappa shape index (κ3) is 2.68. The van der Waals surface area contributed by atoms with Crippen LogP contribution in [-0.2, 0) is 5.41 Å². The monoisotopic (exact) mass is 327 g/mol. The quantitative estimate of drug-likeness (QED) is 0.539. The predicted molar refractivity (Wildman–Crippen MR) is 106 cm³/mol. The summed E-state index contributed by atoms with van der Waals surface area (Å²) in [7, 11) is 0. The molecule has 1 nitrogen and oxygen atoms in total. The molecule has 0 saturated heterocycles. The standard InChI is InChI=1S/C24H25N/c1-4-24(15-18(24)3)22-12-8-7-11-21(22)23-14-13-19(16-25-23)20-10-6-5-9-17(20)2/h5-14,16,18H,4,15H2,1-3H3. The van der Waals surface area contributed by atoms with Gasteiger partial charge in [0.05, 0.1) is 5.69 Å². The summed E-state index contributed by atoms with van der Waals surface area (Å²) in [5.74, 6) is 0.768. The molecule has 1 aliphatic carbocycles. The molecule has 1 aromatic heterocycles. The second kappa shape index (κ2) is 6.15. The first-order valence-corrected chi connectivity index (χ1v) is 9.27. The normalized spacial score (nSPS) is 22.0. The summed E-state index contributed by atoms with van der Waals surface area (Å²) in [5, 5.41) is 0. The van der Waals surface area contributed by atoms with Gasteiger partial charge in [-0.3, -0.25) is 4.98 Å². The lowest BCUT2D eigenvalue weighted by Crippen LogP contribution is -2.09. The van der Waals surface area contributed by atoms with Gasteiger partial charge in [-0.1, -0.05) is 68.4 Å². The van der Waals surface area contributed by atoms with Gasteiger partial charge in [0.25, 0.3) is 0 Å². The topological polar surface area (TPSA) is 12.9 Å². The highest BCUT2D eigenvalue weighted by atomic mass is 14.7. The van der Waals surface area contributed by atoms with Crippen LogP contribution in [0.5, 0.6) is 0 Å². The smallest absolute Gasteiger partial charge is 0.0705 e. The van der Waals surface area contributed by atoms with Crippen molar-refractivity contribution in [3.63, 3.8) is 0 Å². The Morgan fingerprint density at radius 3 is 2.24 bits per heavy atom. The van der Waals surface area contributed by atoms with Crippen molar-refractivity contribution in [3.05, 3.63) is 78.0 Å². The van der Waals surface area contributed by atoms with E-state index in [-0.39, 0.29) is 0 Å². The van der Waals surface area contributed by atoms with E-state index in [9.17, 15) is 0 Å². The maximum absolute atomic E-state index is 4.83. The zero-order chi connectivity index (χ0) is 17.4. The molecular weight excluding hydrogens is 302 g/mol. The Labute approximate surface area is 150 Å². The Kier molecular flexibility index (Phi) is 3.95. The van der Waals surface area contributed by atoms with Crippen LogP contribution in [0.15, 0.2) is 66.9 Å². The van der Waals surface area contributed by atoms with Crippen LogP contribution in [-0.4, -0.2) is 4.98 Å². The molecule has 1 saturated carbocycles. The summed E-state index contributed by atoms with van der Waals surface area (Å²) in [6.07, 6.45) is 4.51. The molecule has 3 aromatic rings. The van der Waals surface area contributed by atoms with Gasteiger partial charge in [0.1, 0.15) is 0 Å². The number of rotatable bonds is 4. The highest BCUT2D eigenvalue weighted by molar-refractivity contribution is 5.71. The van der Waals surface area contributed by atoms with E-state index in [2.05, 4.69) is 81.4 Å². The molecule has 25 heavy (non-hydrogen) atoms. The first-order chi connectivity index (χ1) is 12.2. The van der Waals surface area contributed by atoms with Gasteiger partial charge in [-0.15, -0.1) is 0 Å². The van der Waals surface area contributed by atoms with Gasteiger partial charge in [-0.2, -0.15) is 0 Å². The number of aromatic nitrogens is 1. The van der Waals surface area contributed by atoms with Crippen LogP contribution in [0.3, 0.4) is 0 Å². The minimum Gasteiger partial charge on any atom is -0.256 e. The Hall–Kier alpha value is -2.41. The SMILES string of the molecule is CCC1(c2ccccc2-c2ccc(-c3ccccc3C)cn2)CC1C. The molecule has 0 aliphatic heterocycles. The Bertz CT molecular complexity index is 890. The summed E-state index contributed by atoms with van der Waals surface area (Å²) in [5.41, 5.74) is 7.94. The molecule has 126 valence electrons. The fourth-order valence-corrected chi connectivity index (χ4v) is 4.30. The van der Waals surface area contributed by atoms with Gasteiger partial charge in [0, 0.05) is 17.3 Å². The van der Waals surface area contributed by atoms with Crippen molar-refractivity contribution in [1.29, 1.82) is 0 Å². The molecule has 1 aliphatic rings. The van der Waals surface area contributed by atoms with E-state index in [4.69, 9.17) is 4.98 Å². The molecule has 0 amide bonds. The summed E-state index contributed by atoms with van der Waals surface area (Å²) in [6.45, 7) is 6.84. The second-order valence-corrected chi connectivity index (χ2v) is 7.41. The van der Waals surface area contributed by atoms with Crippen molar-refractivity contribution in [2.75, 3.05) is 0 Å². The summed E-state index contributed by atoms with van der Waals surface area (Å²) in [6, 6.07) is 21.7. The van der Waals surface area contributed by atoms with Crippen LogP contribution in [0.1, 0.15) is 37.8 Å². The average Bonchev–Trinajstić information content (AvgIpc) is 3.34. The Balaban J connectivity index is 1.74. The van der Waals surface area contributed by atoms with Crippen molar-refractivity contribution in [1.82, 2.24) is 4.98 Å². The zero-order valence-electron chi connectivity index (χ0n) is 15.3. The Morgan fingerprint density at radius 2 is 1.64 bits per heavy atom. The maximum Gasteiger partial charge on any atom is 0.0705 e. The van der Waals surface area contributed by atoms with Crippen molar-refractivity contribution < 1.29 is 0 Å². The van der Waals surface area contributed by atoms with Gasteiger partial charge < -0.3 is 0 Å². The summed E-state index contributed by atoms with van der Waals surface area (Å²) >= 11 is 0. The molecule has 2 aromatic carbocycles. The van der Waals surface area contributed by atoms with Gasteiger partial charge >= 0.3 is 0 Å². The molecule has 1 heteroatoms. The van der Waals surface area contributed by atoms with Crippen LogP contribution in [0, 0.1) is 12.8 Å². The molecule has 1 fully saturated rings. The molecule has 1 heterocycles. The third-order valence-corrected chi connectivity index (χ3v) is 6.04. The Morgan fingerprint density at radius 1 is 0.960 bits per heavy atom. The van der Waals surface area contributed by atoms with E-state index in [0.717, 1.165) is 11.6 Å². The van der Waals surface area contributed by atoms with E-state index in [0.29, 0.717) is 5.41 Å². The van der Waals surface area contributed by atoms with Crippen molar-refractivity contribution in [3.8, 4) is 22.4 Å². The minimum atomic E-state index is 0.354. The first kappa shape index (κ1) is 16.1. The number of benzene rings is 2. The number of nitrogens with zero attached hydrogens (tertiary/aromatic N) is 1. The predicted octanol–water partition coefficient (Wildman–Crippen LogP) is 6.41. The number of pyridine rings is 1. The zero-order valence-corrected chi connectivity index (χ0v) is 15.3. The summed E-state index contributed by atoms with van der Waals surface area (Å²) in [4.78, 5) is 4.83. The molecule has 2 atom stereocenters. The largest absolute Gasteiger partial charge is 0.256 e. The van der Waals surface area contributed by atoms with Crippen LogP contribution in [0.2, 0.25) is 0 Å².